The van der Waals surface area contributed by atoms with Crippen LogP contribution in [0.15, 0.2) is 77.1 Å². The maximum atomic E-state index is 9.90. The summed E-state index contributed by atoms with van der Waals surface area (Å²) in [6, 6.07) is 18.6. The lowest BCUT2D eigenvalue weighted by Crippen LogP contribution is -1.80. The monoisotopic (exact) mass is 261 g/mol. The van der Waals surface area contributed by atoms with E-state index in [9.17, 15) is 4.79 Å². The van der Waals surface area contributed by atoms with E-state index in [-0.39, 0.29) is 5.91 Å². The third-order valence-electron chi connectivity index (χ3n) is 2.87. The number of nitrogens with zero attached hydrogens (tertiary/aromatic N) is 3. The summed E-state index contributed by atoms with van der Waals surface area (Å²) in [7, 11) is 0. The van der Waals surface area contributed by atoms with Crippen LogP contribution in [0.4, 0.5) is 0 Å². The van der Waals surface area contributed by atoms with E-state index in [0.29, 0.717) is 0 Å². The number of para-hydroxylation sites is 2. The van der Waals surface area contributed by atoms with Gasteiger partial charge in [0.1, 0.15) is 0 Å². The van der Waals surface area contributed by atoms with E-state index in [1.165, 1.54) is 23.0 Å². The number of fused-ring (bicyclic) bond motifs is 2. The molecule has 0 radical (unpaired) electrons. The summed E-state index contributed by atoms with van der Waals surface area (Å²) in [5, 5.41) is 8.77. The first-order chi connectivity index (χ1) is 9.83. The molecule has 0 N–H and O–H groups in total. The first-order valence-corrected chi connectivity index (χ1v) is 6.19. The number of aromatic nitrogens is 1. The highest BCUT2D eigenvalue weighted by Crippen LogP contribution is 2.18. The fraction of sp³-hybridized carbons (Fsp3) is 0. The van der Waals surface area contributed by atoms with Crippen LogP contribution in [0.5, 0.6) is 0 Å². The molecule has 0 fully saturated rings. The van der Waals surface area contributed by atoms with Crippen molar-refractivity contribution >= 4 is 27.7 Å². The highest BCUT2D eigenvalue weighted by molar-refractivity contribution is 5.92. The van der Waals surface area contributed by atoms with Gasteiger partial charge in [0.15, 0.2) is 0 Å². The molecule has 2 heterocycles. The Morgan fingerprint density at radius 2 is 1.40 bits per heavy atom. The Hall–Kier alpha value is -2.88. The molecule has 3 aromatic rings. The molecule has 0 bridgehead atoms. The molecular weight excluding hydrogens is 250 g/mol. The van der Waals surface area contributed by atoms with E-state index in [2.05, 4.69) is 33.4 Å². The lowest BCUT2D eigenvalue weighted by molar-refractivity contribution is -0.113. The predicted molar refractivity (Wildman–Crippen MR) is 78.3 cm³/mol. The minimum absolute atomic E-state index is 0.269. The van der Waals surface area contributed by atoms with Gasteiger partial charge in [-0.1, -0.05) is 36.4 Å². The van der Waals surface area contributed by atoms with Crippen molar-refractivity contribution in [3.05, 3.63) is 66.9 Å². The summed E-state index contributed by atoms with van der Waals surface area (Å²) in [6.07, 6.45) is 2.67. The highest BCUT2D eigenvalue weighted by atomic mass is 16.1. The van der Waals surface area contributed by atoms with Crippen molar-refractivity contribution in [2.75, 3.05) is 0 Å². The molecule has 4 heteroatoms. The molecule has 1 amide bonds. The standard InChI is InChI=1S/C13H9N.C3H2N2O/c1-3-7-12-10(5-1)9-11-6-2-4-8-13(11)14-12;6-3-1-2-4-5-3/h1-9H;1-2H. The van der Waals surface area contributed by atoms with Gasteiger partial charge in [-0.05, 0) is 18.2 Å². The number of hydrogen-bond acceptors (Lipinski definition) is 3. The molecule has 2 aromatic carbocycles. The third kappa shape index (κ3) is 2.59. The zero-order valence-corrected chi connectivity index (χ0v) is 10.6. The topological polar surface area (TPSA) is 54.7 Å². The van der Waals surface area contributed by atoms with Crippen LogP contribution in [-0.4, -0.2) is 10.9 Å². The van der Waals surface area contributed by atoms with E-state index >= 15 is 0 Å². The average molecular weight is 261 g/mol. The van der Waals surface area contributed by atoms with E-state index < -0.39 is 0 Å². The Morgan fingerprint density at radius 3 is 1.85 bits per heavy atom. The second kappa shape index (κ2) is 5.40. The van der Waals surface area contributed by atoms with E-state index in [1.54, 1.807) is 0 Å². The van der Waals surface area contributed by atoms with Crippen molar-refractivity contribution in [1.82, 2.24) is 4.98 Å². The van der Waals surface area contributed by atoms with Crippen LogP contribution in [-0.2, 0) is 4.79 Å². The highest BCUT2D eigenvalue weighted by Gasteiger charge is 1.96. The van der Waals surface area contributed by atoms with Crippen molar-refractivity contribution in [2.45, 2.75) is 0 Å². The number of benzene rings is 2. The van der Waals surface area contributed by atoms with Crippen LogP contribution in [0.1, 0.15) is 0 Å². The first-order valence-electron chi connectivity index (χ1n) is 6.19. The normalized spacial score (nSPS) is 12.7. The van der Waals surface area contributed by atoms with Crippen molar-refractivity contribution in [3.8, 4) is 0 Å². The van der Waals surface area contributed by atoms with Crippen LogP contribution in [0.2, 0.25) is 0 Å². The van der Waals surface area contributed by atoms with Crippen molar-refractivity contribution < 1.29 is 4.79 Å². The number of carbonyl (C=O) groups is 1. The summed E-state index contributed by atoms with van der Waals surface area (Å²) >= 11 is 0. The first kappa shape index (κ1) is 12.2. The number of carbonyl (C=O) groups excluding carboxylic acids is 1. The molecule has 96 valence electrons. The van der Waals surface area contributed by atoms with Gasteiger partial charge in [-0.25, -0.2) is 4.98 Å². The summed E-state index contributed by atoms with van der Waals surface area (Å²) in [5.41, 5.74) is 2.12. The summed E-state index contributed by atoms with van der Waals surface area (Å²) in [6.45, 7) is 0. The second-order valence-corrected chi connectivity index (χ2v) is 4.24. The summed E-state index contributed by atoms with van der Waals surface area (Å²) < 4.78 is 0. The van der Waals surface area contributed by atoms with Crippen LogP contribution in [0.25, 0.3) is 21.8 Å². The van der Waals surface area contributed by atoms with Crippen molar-refractivity contribution in [3.63, 3.8) is 0 Å². The van der Waals surface area contributed by atoms with E-state index in [4.69, 9.17) is 0 Å². The van der Waals surface area contributed by atoms with Gasteiger partial charge in [0.2, 0.25) is 0 Å². The molecule has 0 saturated carbocycles. The Morgan fingerprint density at radius 1 is 0.800 bits per heavy atom. The number of hydrogen-bond donors (Lipinski definition) is 0. The van der Waals surface area contributed by atoms with Crippen LogP contribution in [0, 0.1) is 0 Å². The molecule has 0 unspecified atom stereocenters. The SMILES string of the molecule is O=C1C=CN=N1.c1ccc2nc3ccccc3cc2c1. The smallest absolute Gasteiger partial charge is 0.266 e. The lowest BCUT2D eigenvalue weighted by atomic mass is 10.1. The van der Waals surface area contributed by atoms with Crippen molar-refractivity contribution in [1.29, 1.82) is 0 Å². The largest absolute Gasteiger partial charge is 0.289 e. The summed E-state index contributed by atoms with van der Waals surface area (Å²) in [4.78, 5) is 14.5. The van der Waals surface area contributed by atoms with E-state index in [1.807, 2.05) is 36.4 Å². The average Bonchev–Trinajstić information content (AvgIpc) is 2.97. The lowest BCUT2D eigenvalue weighted by Gasteiger charge is -1.99. The van der Waals surface area contributed by atoms with Gasteiger partial charge < -0.3 is 0 Å². The van der Waals surface area contributed by atoms with Gasteiger partial charge >= 0.3 is 0 Å². The fourth-order valence-electron chi connectivity index (χ4n) is 1.94. The molecule has 0 atom stereocenters. The van der Waals surface area contributed by atoms with Crippen molar-refractivity contribution in [2.24, 2.45) is 10.2 Å². The quantitative estimate of drug-likeness (QED) is 0.576. The number of azo groups is 1. The second-order valence-electron chi connectivity index (χ2n) is 4.24. The number of pyridine rings is 1. The number of amides is 1. The Bertz CT molecular complexity index is 718. The molecule has 1 aromatic heterocycles. The van der Waals surface area contributed by atoms with Gasteiger partial charge in [-0.2, -0.15) is 5.11 Å². The fourth-order valence-corrected chi connectivity index (χ4v) is 1.94. The zero-order valence-electron chi connectivity index (χ0n) is 10.6. The van der Waals surface area contributed by atoms with Gasteiger partial charge in [-0.3, -0.25) is 4.79 Å². The minimum atomic E-state index is -0.269. The Balaban J connectivity index is 0.000000170. The molecule has 20 heavy (non-hydrogen) atoms. The number of rotatable bonds is 0. The van der Waals surface area contributed by atoms with Crippen LogP contribution in [0.3, 0.4) is 0 Å². The Kier molecular flexibility index (Phi) is 3.29. The van der Waals surface area contributed by atoms with Gasteiger partial charge in [0, 0.05) is 16.8 Å². The molecule has 0 aliphatic carbocycles. The molecule has 1 aliphatic rings. The summed E-state index contributed by atoms with van der Waals surface area (Å²) in [5.74, 6) is -0.269. The van der Waals surface area contributed by atoms with Crippen LogP contribution >= 0.6 is 0 Å². The zero-order chi connectivity index (χ0) is 13.8. The van der Waals surface area contributed by atoms with Gasteiger partial charge in [-0.15, -0.1) is 5.11 Å². The third-order valence-corrected chi connectivity index (χ3v) is 2.87. The predicted octanol–water partition coefficient (Wildman–Crippen LogP) is 3.88. The van der Waals surface area contributed by atoms with Gasteiger partial charge in [0.05, 0.1) is 17.2 Å². The Labute approximate surface area is 115 Å². The van der Waals surface area contributed by atoms with E-state index in [0.717, 1.165) is 11.0 Å². The molecular formula is C16H11N3O. The maximum absolute atomic E-state index is 9.90. The maximum Gasteiger partial charge on any atom is 0.289 e. The van der Waals surface area contributed by atoms with Crippen LogP contribution < -0.4 is 0 Å². The molecule has 4 nitrogen and oxygen atoms in total. The molecule has 4 rings (SSSR count). The molecule has 0 spiro atoms. The molecule has 1 aliphatic heterocycles. The van der Waals surface area contributed by atoms with Gasteiger partial charge in [0.25, 0.3) is 5.91 Å². The minimum Gasteiger partial charge on any atom is -0.266 e. The molecule has 0 saturated heterocycles.